The van der Waals surface area contributed by atoms with Crippen molar-refractivity contribution in [2.75, 3.05) is 13.2 Å². The van der Waals surface area contributed by atoms with Crippen molar-refractivity contribution in [1.29, 1.82) is 0 Å². The van der Waals surface area contributed by atoms with Gasteiger partial charge in [-0.3, -0.25) is 0 Å². The van der Waals surface area contributed by atoms with Crippen molar-refractivity contribution in [3.8, 4) is 11.6 Å². The molecule has 1 aliphatic rings. The predicted molar refractivity (Wildman–Crippen MR) is 73.2 cm³/mol. The maximum absolute atomic E-state index is 5.35. The van der Waals surface area contributed by atoms with Crippen molar-refractivity contribution in [3.63, 3.8) is 0 Å². The van der Waals surface area contributed by atoms with Gasteiger partial charge in [-0.15, -0.1) is 0 Å². The molecule has 1 saturated heterocycles. The smallest absolute Gasteiger partial charge is 0.276 e. The van der Waals surface area contributed by atoms with Gasteiger partial charge in [-0.25, -0.2) is 4.98 Å². The maximum atomic E-state index is 5.35. The van der Waals surface area contributed by atoms with Crippen LogP contribution in [0.2, 0.25) is 0 Å². The fraction of sp³-hybridized carbons (Fsp3) is 0.267. The van der Waals surface area contributed by atoms with Gasteiger partial charge in [-0.2, -0.15) is 4.98 Å². The summed E-state index contributed by atoms with van der Waals surface area (Å²) in [5.74, 6) is 1.43. The molecule has 2 aromatic heterocycles. The zero-order valence-corrected chi connectivity index (χ0v) is 10.8. The first-order valence-electron chi connectivity index (χ1n) is 6.68. The van der Waals surface area contributed by atoms with Gasteiger partial charge >= 0.3 is 0 Å². The van der Waals surface area contributed by atoms with Crippen LogP contribution < -0.4 is 0 Å². The highest BCUT2D eigenvalue weighted by Gasteiger charge is 2.23. The minimum atomic E-state index is 0.243. The average Bonchev–Trinajstić information content (AvgIpc) is 3.17. The molecule has 3 heterocycles. The molecule has 0 saturated carbocycles. The predicted octanol–water partition coefficient (Wildman–Crippen LogP) is 2.79. The van der Waals surface area contributed by atoms with Gasteiger partial charge in [-0.05, 0) is 18.6 Å². The molecule has 1 atom stereocenters. The first-order valence-corrected chi connectivity index (χ1v) is 6.68. The zero-order valence-electron chi connectivity index (χ0n) is 10.8. The van der Waals surface area contributed by atoms with E-state index in [0.29, 0.717) is 24.0 Å². The first-order chi connectivity index (χ1) is 9.90. The highest BCUT2D eigenvalue weighted by molar-refractivity contribution is 5.80. The first kappa shape index (κ1) is 11.5. The summed E-state index contributed by atoms with van der Waals surface area (Å²) in [4.78, 5) is 9.01. The van der Waals surface area contributed by atoms with Crippen LogP contribution in [0.4, 0.5) is 0 Å². The lowest BCUT2D eigenvalue weighted by Crippen LogP contribution is -1.99. The molecule has 0 radical (unpaired) electrons. The number of hydrogen-bond acceptors (Lipinski definition) is 5. The molecule has 5 nitrogen and oxygen atoms in total. The Morgan fingerprint density at radius 1 is 1.05 bits per heavy atom. The fourth-order valence-electron chi connectivity index (χ4n) is 2.43. The van der Waals surface area contributed by atoms with E-state index in [1.165, 1.54) is 0 Å². The molecule has 0 spiro atoms. The fourth-order valence-corrected chi connectivity index (χ4v) is 2.43. The van der Waals surface area contributed by atoms with Gasteiger partial charge < -0.3 is 9.26 Å². The lowest BCUT2D eigenvalue weighted by atomic mass is 10.1. The van der Waals surface area contributed by atoms with E-state index in [-0.39, 0.29) is 5.92 Å². The molecule has 3 aromatic rings. The van der Waals surface area contributed by atoms with Crippen molar-refractivity contribution in [3.05, 3.63) is 42.2 Å². The summed E-state index contributed by atoms with van der Waals surface area (Å²) in [5, 5.41) is 5.15. The van der Waals surface area contributed by atoms with Crippen molar-refractivity contribution >= 4 is 10.9 Å². The highest BCUT2D eigenvalue weighted by atomic mass is 16.5. The van der Waals surface area contributed by atoms with Crippen LogP contribution in [-0.2, 0) is 4.74 Å². The van der Waals surface area contributed by atoms with Crippen molar-refractivity contribution < 1.29 is 9.26 Å². The Hall–Kier alpha value is -2.27. The molecule has 0 amide bonds. The third-order valence-electron chi connectivity index (χ3n) is 3.55. The third kappa shape index (κ3) is 1.96. The SMILES string of the molecule is c1ccc2nc(-c3nc(C4CCOC4)no3)ccc2c1. The molecule has 1 fully saturated rings. The van der Waals surface area contributed by atoms with E-state index in [1.54, 1.807) is 0 Å². The molecular formula is C15H13N3O2. The Bertz CT molecular complexity index is 747. The van der Waals surface area contributed by atoms with Crippen molar-refractivity contribution in [1.82, 2.24) is 15.1 Å². The quantitative estimate of drug-likeness (QED) is 0.714. The molecule has 4 rings (SSSR count). The zero-order chi connectivity index (χ0) is 13.4. The standard InChI is InChI=1S/C15H13N3O2/c1-2-4-12-10(3-1)5-6-13(16-12)15-17-14(18-20-15)11-7-8-19-9-11/h1-6,11H,7-9H2. The minimum absolute atomic E-state index is 0.243. The molecule has 100 valence electrons. The summed E-state index contributed by atoms with van der Waals surface area (Å²) in [7, 11) is 0. The second-order valence-electron chi connectivity index (χ2n) is 4.91. The summed E-state index contributed by atoms with van der Waals surface area (Å²) in [5.41, 5.74) is 1.63. The monoisotopic (exact) mass is 267 g/mol. The number of benzene rings is 1. The topological polar surface area (TPSA) is 61.0 Å². The number of rotatable bonds is 2. The van der Waals surface area contributed by atoms with Gasteiger partial charge in [0.15, 0.2) is 5.82 Å². The Morgan fingerprint density at radius 2 is 2.00 bits per heavy atom. The number of ether oxygens (including phenoxy) is 1. The number of aromatic nitrogens is 3. The second kappa shape index (κ2) is 4.68. The van der Waals surface area contributed by atoms with E-state index in [9.17, 15) is 0 Å². The van der Waals surface area contributed by atoms with Crippen LogP contribution in [-0.4, -0.2) is 28.3 Å². The minimum Gasteiger partial charge on any atom is -0.381 e. The largest absolute Gasteiger partial charge is 0.381 e. The van der Waals surface area contributed by atoms with Crippen LogP contribution in [0.5, 0.6) is 0 Å². The van der Waals surface area contributed by atoms with Crippen LogP contribution in [0, 0.1) is 0 Å². The molecule has 1 aliphatic heterocycles. The van der Waals surface area contributed by atoms with Gasteiger partial charge in [0.05, 0.1) is 12.1 Å². The summed E-state index contributed by atoms with van der Waals surface area (Å²) < 4.78 is 10.7. The van der Waals surface area contributed by atoms with E-state index in [2.05, 4.69) is 15.1 Å². The number of fused-ring (bicyclic) bond motifs is 1. The molecule has 20 heavy (non-hydrogen) atoms. The summed E-state index contributed by atoms with van der Waals surface area (Å²) in [6.07, 6.45) is 0.949. The second-order valence-corrected chi connectivity index (χ2v) is 4.91. The van der Waals surface area contributed by atoms with E-state index >= 15 is 0 Å². The van der Waals surface area contributed by atoms with Crippen LogP contribution in [0.3, 0.4) is 0 Å². The lowest BCUT2D eigenvalue weighted by molar-refractivity contribution is 0.192. The Labute approximate surface area is 115 Å². The molecule has 1 aromatic carbocycles. The van der Waals surface area contributed by atoms with Crippen LogP contribution >= 0.6 is 0 Å². The van der Waals surface area contributed by atoms with Crippen molar-refractivity contribution in [2.45, 2.75) is 12.3 Å². The maximum Gasteiger partial charge on any atom is 0.276 e. The third-order valence-corrected chi connectivity index (χ3v) is 3.55. The summed E-state index contributed by atoms with van der Waals surface area (Å²) in [6, 6.07) is 11.9. The lowest BCUT2D eigenvalue weighted by Gasteiger charge is -1.99. The molecule has 0 N–H and O–H groups in total. The Balaban J connectivity index is 1.71. The molecule has 0 bridgehead atoms. The number of hydrogen-bond donors (Lipinski definition) is 0. The molecule has 1 unspecified atom stereocenters. The van der Waals surface area contributed by atoms with E-state index in [1.807, 2.05) is 36.4 Å². The van der Waals surface area contributed by atoms with E-state index in [0.717, 1.165) is 23.9 Å². The Kier molecular flexibility index (Phi) is 2.70. The van der Waals surface area contributed by atoms with Gasteiger partial charge in [0.25, 0.3) is 5.89 Å². The van der Waals surface area contributed by atoms with E-state index in [4.69, 9.17) is 9.26 Å². The molecular weight excluding hydrogens is 254 g/mol. The summed E-state index contributed by atoms with van der Waals surface area (Å²) in [6.45, 7) is 1.44. The number of pyridine rings is 1. The summed E-state index contributed by atoms with van der Waals surface area (Å²) >= 11 is 0. The van der Waals surface area contributed by atoms with Crippen LogP contribution in [0.25, 0.3) is 22.5 Å². The molecule has 0 aliphatic carbocycles. The van der Waals surface area contributed by atoms with E-state index < -0.39 is 0 Å². The van der Waals surface area contributed by atoms with Gasteiger partial charge in [-0.1, -0.05) is 29.4 Å². The average molecular weight is 267 g/mol. The van der Waals surface area contributed by atoms with Crippen LogP contribution in [0.1, 0.15) is 18.2 Å². The number of para-hydroxylation sites is 1. The highest BCUT2D eigenvalue weighted by Crippen LogP contribution is 2.25. The van der Waals surface area contributed by atoms with Gasteiger partial charge in [0.1, 0.15) is 5.69 Å². The van der Waals surface area contributed by atoms with Crippen molar-refractivity contribution in [2.24, 2.45) is 0 Å². The van der Waals surface area contributed by atoms with Gasteiger partial charge in [0.2, 0.25) is 0 Å². The normalized spacial score (nSPS) is 18.7. The molecule has 5 heteroatoms. The Morgan fingerprint density at radius 3 is 2.90 bits per heavy atom. The van der Waals surface area contributed by atoms with Crippen LogP contribution in [0.15, 0.2) is 40.9 Å². The number of nitrogens with zero attached hydrogens (tertiary/aromatic N) is 3. The van der Waals surface area contributed by atoms with Gasteiger partial charge in [0, 0.05) is 17.9 Å².